The van der Waals surface area contributed by atoms with Crippen molar-refractivity contribution < 1.29 is 14.3 Å². The van der Waals surface area contributed by atoms with Gasteiger partial charge in [0.25, 0.3) is 0 Å². The Hall–Kier alpha value is -2.35. The van der Waals surface area contributed by atoms with Crippen LogP contribution in [0.3, 0.4) is 0 Å². The second-order valence-corrected chi connectivity index (χ2v) is 9.32. The maximum absolute atomic E-state index is 12.1. The SMILES string of the molecule is C[C@@H]1OCC2(CCN(c3nccc4[nH]ncc34)CC2)C1CNC(=O)OC(C)(C)C. The predicted molar refractivity (Wildman–Crippen MR) is 111 cm³/mol. The Morgan fingerprint density at radius 1 is 1.41 bits per heavy atom. The summed E-state index contributed by atoms with van der Waals surface area (Å²) in [6.07, 6.45) is 5.44. The Morgan fingerprint density at radius 2 is 2.17 bits per heavy atom. The highest BCUT2D eigenvalue weighted by Crippen LogP contribution is 2.47. The third-order valence-electron chi connectivity index (χ3n) is 6.26. The molecule has 4 rings (SSSR count). The van der Waals surface area contributed by atoms with E-state index in [-0.39, 0.29) is 23.5 Å². The zero-order chi connectivity index (χ0) is 20.6. The lowest BCUT2D eigenvalue weighted by molar-refractivity contribution is 0.0491. The molecule has 8 nitrogen and oxygen atoms in total. The highest BCUT2D eigenvalue weighted by atomic mass is 16.6. The number of rotatable bonds is 3. The molecular weight excluding hydrogens is 370 g/mol. The van der Waals surface area contributed by atoms with Crippen LogP contribution in [0.25, 0.3) is 10.9 Å². The Morgan fingerprint density at radius 3 is 2.90 bits per heavy atom. The molecule has 2 aromatic heterocycles. The van der Waals surface area contributed by atoms with Crippen LogP contribution < -0.4 is 10.2 Å². The number of piperidine rings is 1. The average Bonchev–Trinajstić information content (AvgIpc) is 3.25. The maximum Gasteiger partial charge on any atom is 0.407 e. The van der Waals surface area contributed by atoms with Crippen LogP contribution in [0.2, 0.25) is 0 Å². The summed E-state index contributed by atoms with van der Waals surface area (Å²) in [5, 5.41) is 11.2. The van der Waals surface area contributed by atoms with Crippen LogP contribution in [-0.2, 0) is 9.47 Å². The van der Waals surface area contributed by atoms with Crippen LogP contribution in [-0.4, -0.2) is 59.2 Å². The van der Waals surface area contributed by atoms with Crippen molar-refractivity contribution in [1.29, 1.82) is 0 Å². The third kappa shape index (κ3) is 4.03. The first-order chi connectivity index (χ1) is 13.8. The van der Waals surface area contributed by atoms with E-state index in [4.69, 9.17) is 9.47 Å². The molecule has 2 N–H and O–H groups in total. The minimum absolute atomic E-state index is 0.0786. The van der Waals surface area contributed by atoms with Crippen LogP contribution in [0.15, 0.2) is 18.5 Å². The average molecular weight is 402 g/mol. The van der Waals surface area contributed by atoms with Crippen molar-refractivity contribution in [2.45, 2.75) is 52.2 Å². The van der Waals surface area contributed by atoms with Gasteiger partial charge in [-0.05, 0) is 46.6 Å². The number of anilines is 1. The molecule has 4 heterocycles. The quantitative estimate of drug-likeness (QED) is 0.821. The molecule has 0 aliphatic carbocycles. The van der Waals surface area contributed by atoms with Gasteiger partial charge in [-0.2, -0.15) is 5.10 Å². The molecule has 2 aliphatic rings. The molecule has 2 atom stereocenters. The summed E-state index contributed by atoms with van der Waals surface area (Å²) in [7, 11) is 0. The number of hydrogen-bond acceptors (Lipinski definition) is 6. The fraction of sp³-hybridized carbons (Fsp3) is 0.667. The van der Waals surface area contributed by atoms with Gasteiger partial charge in [0.1, 0.15) is 11.4 Å². The second kappa shape index (κ2) is 7.48. The number of nitrogens with zero attached hydrogens (tertiary/aromatic N) is 3. The molecule has 1 amide bonds. The Balaban J connectivity index is 1.42. The van der Waals surface area contributed by atoms with E-state index >= 15 is 0 Å². The van der Waals surface area contributed by atoms with Crippen molar-refractivity contribution in [3.05, 3.63) is 18.5 Å². The highest BCUT2D eigenvalue weighted by molar-refractivity contribution is 5.88. The van der Waals surface area contributed by atoms with E-state index in [1.165, 1.54) is 0 Å². The fourth-order valence-corrected chi connectivity index (χ4v) is 4.69. The number of aromatic amines is 1. The summed E-state index contributed by atoms with van der Waals surface area (Å²) in [6, 6.07) is 1.95. The van der Waals surface area contributed by atoms with Gasteiger partial charge in [0, 0.05) is 37.2 Å². The van der Waals surface area contributed by atoms with Gasteiger partial charge in [-0.25, -0.2) is 9.78 Å². The normalized spacial score (nSPS) is 24.2. The molecule has 2 saturated heterocycles. The zero-order valence-electron chi connectivity index (χ0n) is 17.7. The molecule has 0 bridgehead atoms. The summed E-state index contributed by atoms with van der Waals surface area (Å²) in [4.78, 5) is 19.1. The van der Waals surface area contributed by atoms with Crippen LogP contribution in [0.1, 0.15) is 40.5 Å². The third-order valence-corrected chi connectivity index (χ3v) is 6.26. The molecule has 0 aromatic carbocycles. The standard InChI is InChI=1S/C21H31N5O3/c1-14-16(12-23-19(27)29-20(2,3)4)21(13-28-14)6-9-26(10-7-21)18-15-11-24-25-17(15)5-8-22-18/h5,8,11,14,16H,6-7,9-10,12-13H2,1-4H3,(H,23,27)(H,24,25)/t14-,16?/m0/s1. The largest absolute Gasteiger partial charge is 0.444 e. The van der Waals surface area contributed by atoms with Crippen molar-refractivity contribution >= 4 is 22.8 Å². The number of H-pyrrole nitrogens is 1. The van der Waals surface area contributed by atoms with Gasteiger partial charge in [-0.3, -0.25) is 5.10 Å². The lowest BCUT2D eigenvalue weighted by atomic mass is 9.69. The Kier molecular flexibility index (Phi) is 5.14. The van der Waals surface area contributed by atoms with E-state index in [1.54, 1.807) is 0 Å². The van der Waals surface area contributed by atoms with E-state index in [0.29, 0.717) is 6.54 Å². The van der Waals surface area contributed by atoms with Gasteiger partial charge < -0.3 is 19.7 Å². The topological polar surface area (TPSA) is 92.4 Å². The van der Waals surface area contributed by atoms with Crippen LogP contribution in [0.5, 0.6) is 0 Å². The number of aromatic nitrogens is 3. The van der Waals surface area contributed by atoms with Gasteiger partial charge >= 0.3 is 6.09 Å². The van der Waals surface area contributed by atoms with Gasteiger partial charge in [0.15, 0.2) is 0 Å². The molecular formula is C21H31N5O3. The van der Waals surface area contributed by atoms with Crippen LogP contribution in [0.4, 0.5) is 10.6 Å². The smallest absolute Gasteiger partial charge is 0.407 e. The molecule has 2 aromatic rings. The Labute approximate surface area is 171 Å². The summed E-state index contributed by atoms with van der Waals surface area (Å²) in [6.45, 7) is 10.9. The van der Waals surface area contributed by atoms with E-state index in [0.717, 1.165) is 49.3 Å². The molecule has 158 valence electrons. The van der Waals surface area contributed by atoms with Crippen molar-refractivity contribution in [3.63, 3.8) is 0 Å². The Bertz CT molecular complexity index is 867. The molecule has 8 heteroatoms. The first-order valence-corrected chi connectivity index (χ1v) is 10.4. The van der Waals surface area contributed by atoms with E-state index in [9.17, 15) is 4.79 Å². The monoisotopic (exact) mass is 401 g/mol. The number of fused-ring (bicyclic) bond motifs is 1. The summed E-state index contributed by atoms with van der Waals surface area (Å²) < 4.78 is 11.4. The number of alkyl carbamates (subject to hydrolysis) is 1. The van der Waals surface area contributed by atoms with Crippen LogP contribution in [0, 0.1) is 11.3 Å². The van der Waals surface area contributed by atoms with Crippen molar-refractivity contribution in [1.82, 2.24) is 20.5 Å². The number of hydrogen-bond donors (Lipinski definition) is 2. The number of amides is 1. The van der Waals surface area contributed by atoms with Crippen molar-refractivity contribution in [3.8, 4) is 0 Å². The summed E-state index contributed by atoms with van der Waals surface area (Å²) in [5.74, 6) is 1.26. The molecule has 1 spiro atoms. The number of ether oxygens (including phenoxy) is 2. The number of carbonyl (C=O) groups excluding carboxylic acids is 1. The molecule has 1 unspecified atom stereocenters. The zero-order valence-corrected chi connectivity index (χ0v) is 17.7. The highest BCUT2D eigenvalue weighted by Gasteiger charge is 2.49. The molecule has 2 aliphatic heterocycles. The van der Waals surface area contributed by atoms with E-state index < -0.39 is 5.60 Å². The lowest BCUT2D eigenvalue weighted by Crippen LogP contribution is -2.48. The van der Waals surface area contributed by atoms with Crippen LogP contribution >= 0.6 is 0 Å². The van der Waals surface area contributed by atoms with Gasteiger partial charge in [0.2, 0.25) is 0 Å². The predicted octanol–water partition coefficient (Wildman–Crippen LogP) is 3.10. The minimum Gasteiger partial charge on any atom is -0.444 e. The van der Waals surface area contributed by atoms with Gasteiger partial charge in [0.05, 0.1) is 29.8 Å². The lowest BCUT2D eigenvalue weighted by Gasteiger charge is -2.43. The van der Waals surface area contributed by atoms with Crippen molar-refractivity contribution in [2.24, 2.45) is 11.3 Å². The number of nitrogens with one attached hydrogen (secondary N) is 2. The van der Waals surface area contributed by atoms with Gasteiger partial charge in [-0.15, -0.1) is 0 Å². The minimum atomic E-state index is -0.494. The molecule has 29 heavy (non-hydrogen) atoms. The van der Waals surface area contributed by atoms with Crippen molar-refractivity contribution in [2.75, 3.05) is 31.1 Å². The molecule has 2 fully saturated rings. The summed E-state index contributed by atoms with van der Waals surface area (Å²) in [5.41, 5.74) is 0.592. The van der Waals surface area contributed by atoms with Gasteiger partial charge in [-0.1, -0.05) is 0 Å². The molecule has 0 radical (unpaired) electrons. The number of carbonyl (C=O) groups is 1. The fourth-order valence-electron chi connectivity index (χ4n) is 4.69. The van der Waals surface area contributed by atoms with E-state index in [1.807, 2.05) is 39.2 Å². The first-order valence-electron chi connectivity index (χ1n) is 10.4. The summed E-state index contributed by atoms with van der Waals surface area (Å²) >= 11 is 0. The van der Waals surface area contributed by atoms with E-state index in [2.05, 4.69) is 32.3 Å². The second-order valence-electron chi connectivity index (χ2n) is 9.32. The molecule has 0 saturated carbocycles. The first kappa shape index (κ1) is 19.9. The number of pyridine rings is 1. The maximum atomic E-state index is 12.1.